The average Bonchev–Trinajstić information content (AvgIpc) is 2.63. The number of rotatable bonds is 4. The van der Waals surface area contributed by atoms with Crippen LogP contribution in [0.25, 0.3) is 5.57 Å². The highest BCUT2D eigenvalue weighted by molar-refractivity contribution is 6.04. The Morgan fingerprint density at radius 1 is 1.09 bits per heavy atom. The molecule has 0 atom stereocenters. The summed E-state index contributed by atoms with van der Waals surface area (Å²) in [6.45, 7) is 2.42. The van der Waals surface area contributed by atoms with E-state index in [1.165, 1.54) is 11.1 Å². The normalized spacial score (nSPS) is 14.2. The van der Waals surface area contributed by atoms with Crippen LogP contribution < -0.4 is 16.4 Å². The summed E-state index contributed by atoms with van der Waals surface area (Å²) < 4.78 is 0. The van der Waals surface area contributed by atoms with Crippen LogP contribution in [0.3, 0.4) is 0 Å². The first-order chi connectivity index (χ1) is 11.3. The summed E-state index contributed by atoms with van der Waals surface area (Å²) in [5.41, 5.74) is 10.6. The molecule has 1 heterocycles. The first kappa shape index (κ1) is 15.5. The molecule has 118 valence electrons. The third-order valence-electron chi connectivity index (χ3n) is 4.03. The van der Waals surface area contributed by atoms with Crippen LogP contribution >= 0.6 is 0 Å². The van der Waals surface area contributed by atoms with Crippen molar-refractivity contribution in [2.45, 2.75) is 13.0 Å². The number of carbonyl (C=O) groups excluding carboxylic acids is 1. The fourth-order valence-electron chi connectivity index (χ4n) is 2.65. The van der Waals surface area contributed by atoms with Gasteiger partial charge in [0.1, 0.15) is 0 Å². The minimum Gasteiger partial charge on any atom is -0.326 e. The molecule has 4 N–H and O–H groups in total. The second-order valence-electron chi connectivity index (χ2n) is 5.62. The number of hydrogen-bond donors (Lipinski definition) is 3. The monoisotopic (exact) mass is 307 g/mol. The summed E-state index contributed by atoms with van der Waals surface area (Å²) in [6.07, 6.45) is 3.23. The van der Waals surface area contributed by atoms with E-state index in [4.69, 9.17) is 5.73 Å². The van der Waals surface area contributed by atoms with Crippen LogP contribution in [-0.2, 0) is 6.54 Å². The third-order valence-corrected chi connectivity index (χ3v) is 4.03. The lowest BCUT2D eigenvalue weighted by atomic mass is 9.99. The van der Waals surface area contributed by atoms with E-state index in [-0.39, 0.29) is 5.91 Å². The van der Waals surface area contributed by atoms with Crippen molar-refractivity contribution in [3.8, 4) is 0 Å². The van der Waals surface area contributed by atoms with E-state index in [1.807, 2.05) is 48.5 Å². The number of hydrogen-bond acceptors (Lipinski definition) is 3. The minimum absolute atomic E-state index is 0.101. The van der Waals surface area contributed by atoms with Gasteiger partial charge in [-0.1, -0.05) is 30.3 Å². The molecule has 0 fully saturated rings. The zero-order valence-corrected chi connectivity index (χ0v) is 13.0. The van der Waals surface area contributed by atoms with Crippen molar-refractivity contribution >= 4 is 17.2 Å². The molecule has 2 aromatic carbocycles. The second kappa shape index (κ2) is 7.22. The van der Waals surface area contributed by atoms with Crippen LogP contribution in [-0.4, -0.2) is 19.0 Å². The van der Waals surface area contributed by atoms with E-state index in [0.717, 1.165) is 30.8 Å². The molecular formula is C19H21N3O. The summed E-state index contributed by atoms with van der Waals surface area (Å²) >= 11 is 0. The van der Waals surface area contributed by atoms with Crippen LogP contribution in [0.4, 0.5) is 5.69 Å². The topological polar surface area (TPSA) is 67.1 Å². The van der Waals surface area contributed by atoms with E-state index < -0.39 is 0 Å². The van der Waals surface area contributed by atoms with Gasteiger partial charge in [-0.3, -0.25) is 4.79 Å². The van der Waals surface area contributed by atoms with Crippen LogP contribution in [0.5, 0.6) is 0 Å². The predicted octanol–water partition coefficient (Wildman–Crippen LogP) is 2.77. The first-order valence-corrected chi connectivity index (χ1v) is 7.87. The van der Waals surface area contributed by atoms with Gasteiger partial charge in [-0.15, -0.1) is 0 Å². The maximum absolute atomic E-state index is 12.3. The number of nitrogens with two attached hydrogens (primary N) is 1. The summed E-state index contributed by atoms with van der Waals surface area (Å²) in [5.74, 6) is -0.101. The third kappa shape index (κ3) is 3.86. The van der Waals surface area contributed by atoms with E-state index in [1.54, 1.807) is 0 Å². The Hall–Kier alpha value is -2.43. The standard InChI is InChI=1S/C19H21N3O/c20-13-14-1-7-18(8-2-14)22-19(23)17-5-3-15(4-6-17)16-9-11-21-12-10-16/h1-9,21H,10-13,20H2,(H,22,23). The van der Waals surface area contributed by atoms with Crippen LogP contribution in [0.2, 0.25) is 0 Å². The largest absolute Gasteiger partial charge is 0.326 e. The van der Waals surface area contributed by atoms with Crippen molar-refractivity contribution in [2.75, 3.05) is 18.4 Å². The Balaban J connectivity index is 1.68. The molecule has 23 heavy (non-hydrogen) atoms. The second-order valence-corrected chi connectivity index (χ2v) is 5.62. The van der Waals surface area contributed by atoms with Crippen molar-refractivity contribution in [1.82, 2.24) is 5.32 Å². The molecule has 0 bridgehead atoms. The molecule has 1 aliphatic heterocycles. The fourth-order valence-corrected chi connectivity index (χ4v) is 2.65. The molecule has 0 aliphatic carbocycles. The van der Waals surface area contributed by atoms with Gasteiger partial charge in [-0.2, -0.15) is 0 Å². The zero-order valence-electron chi connectivity index (χ0n) is 13.0. The van der Waals surface area contributed by atoms with Crippen molar-refractivity contribution in [3.05, 3.63) is 71.3 Å². The number of benzene rings is 2. The van der Waals surface area contributed by atoms with E-state index in [9.17, 15) is 4.79 Å². The molecule has 4 nitrogen and oxygen atoms in total. The molecule has 2 aromatic rings. The molecule has 0 aromatic heterocycles. The van der Waals surface area contributed by atoms with Crippen molar-refractivity contribution < 1.29 is 4.79 Å². The van der Waals surface area contributed by atoms with E-state index in [0.29, 0.717) is 12.1 Å². The van der Waals surface area contributed by atoms with Gasteiger partial charge in [0, 0.05) is 24.3 Å². The van der Waals surface area contributed by atoms with Gasteiger partial charge < -0.3 is 16.4 Å². The maximum Gasteiger partial charge on any atom is 0.255 e. The number of anilines is 1. The smallest absolute Gasteiger partial charge is 0.255 e. The molecule has 0 saturated carbocycles. The predicted molar refractivity (Wildman–Crippen MR) is 94.2 cm³/mol. The lowest BCUT2D eigenvalue weighted by molar-refractivity contribution is 0.102. The fraction of sp³-hybridized carbons (Fsp3) is 0.211. The Morgan fingerprint density at radius 2 is 1.83 bits per heavy atom. The number of nitrogens with one attached hydrogen (secondary N) is 2. The van der Waals surface area contributed by atoms with Gasteiger partial charge in [-0.25, -0.2) is 0 Å². The zero-order chi connectivity index (χ0) is 16.1. The molecule has 1 amide bonds. The molecular weight excluding hydrogens is 286 g/mol. The first-order valence-electron chi connectivity index (χ1n) is 7.87. The van der Waals surface area contributed by atoms with Gasteiger partial charge in [0.15, 0.2) is 0 Å². The van der Waals surface area contributed by atoms with Gasteiger partial charge in [-0.05, 0) is 53.9 Å². The summed E-state index contributed by atoms with van der Waals surface area (Å²) in [5, 5.41) is 6.21. The molecule has 3 rings (SSSR count). The molecule has 0 saturated heterocycles. The number of amides is 1. The Kier molecular flexibility index (Phi) is 4.86. The highest BCUT2D eigenvalue weighted by Crippen LogP contribution is 2.20. The van der Waals surface area contributed by atoms with Crippen molar-refractivity contribution in [1.29, 1.82) is 0 Å². The maximum atomic E-state index is 12.3. The van der Waals surface area contributed by atoms with E-state index in [2.05, 4.69) is 16.7 Å². The molecule has 0 spiro atoms. The highest BCUT2D eigenvalue weighted by atomic mass is 16.1. The van der Waals surface area contributed by atoms with Gasteiger partial charge in [0.25, 0.3) is 5.91 Å². The minimum atomic E-state index is -0.101. The SMILES string of the molecule is NCc1ccc(NC(=O)c2ccc(C3=CCNCC3)cc2)cc1. The van der Waals surface area contributed by atoms with Gasteiger partial charge in [0.2, 0.25) is 0 Å². The molecule has 0 unspecified atom stereocenters. The summed E-state index contributed by atoms with van der Waals surface area (Å²) in [6, 6.07) is 15.4. The van der Waals surface area contributed by atoms with Crippen LogP contribution in [0.15, 0.2) is 54.6 Å². The summed E-state index contributed by atoms with van der Waals surface area (Å²) in [4.78, 5) is 12.3. The lowest BCUT2D eigenvalue weighted by Crippen LogP contribution is -2.20. The molecule has 0 radical (unpaired) electrons. The van der Waals surface area contributed by atoms with Crippen molar-refractivity contribution in [3.63, 3.8) is 0 Å². The Bertz CT molecular complexity index is 702. The quantitative estimate of drug-likeness (QED) is 0.813. The Morgan fingerprint density at radius 3 is 2.43 bits per heavy atom. The van der Waals surface area contributed by atoms with Crippen LogP contribution in [0.1, 0.15) is 27.9 Å². The molecule has 1 aliphatic rings. The molecule has 4 heteroatoms. The van der Waals surface area contributed by atoms with Gasteiger partial charge >= 0.3 is 0 Å². The Labute approximate surface area is 136 Å². The van der Waals surface area contributed by atoms with Crippen LogP contribution in [0, 0.1) is 0 Å². The van der Waals surface area contributed by atoms with E-state index >= 15 is 0 Å². The average molecular weight is 307 g/mol. The lowest BCUT2D eigenvalue weighted by Gasteiger charge is -2.14. The van der Waals surface area contributed by atoms with Gasteiger partial charge in [0.05, 0.1) is 0 Å². The summed E-state index contributed by atoms with van der Waals surface area (Å²) in [7, 11) is 0. The number of carbonyl (C=O) groups is 1. The van der Waals surface area contributed by atoms with Crippen molar-refractivity contribution in [2.24, 2.45) is 5.73 Å². The highest BCUT2D eigenvalue weighted by Gasteiger charge is 2.09.